The van der Waals surface area contributed by atoms with Crippen molar-refractivity contribution in [3.63, 3.8) is 0 Å². The maximum atomic E-state index is 6.04. The van der Waals surface area contributed by atoms with Gasteiger partial charge in [-0.1, -0.05) is 59.6 Å². The molecule has 0 saturated carbocycles. The number of benzene rings is 2. The van der Waals surface area contributed by atoms with Gasteiger partial charge in [0.05, 0.1) is 10.0 Å². The lowest BCUT2D eigenvalue weighted by molar-refractivity contribution is 0.498. The highest BCUT2D eigenvalue weighted by molar-refractivity contribution is 6.42. The number of hydrogen-bond acceptors (Lipinski definition) is 2. The number of nitrogens with two attached hydrogens (primary N) is 1. The molecule has 1 atom stereocenters. The molecule has 2 aromatic carbocycles. The molecule has 2 nitrogen and oxygen atoms in total. The van der Waals surface area contributed by atoms with Crippen LogP contribution >= 0.6 is 23.2 Å². The second-order valence-corrected chi connectivity index (χ2v) is 5.59. The average Bonchev–Trinajstić information content (AvgIpc) is 2.48. The first kappa shape index (κ1) is 15.3. The van der Waals surface area contributed by atoms with Crippen molar-refractivity contribution in [3.05, 3.63) is 69.7 Å². The first-order valence-electron chi connectivity index (χ1n) is 6.65. The van der Waals surface area contributed by atoms with Crippen molar-refractivity contribution in [3.8, 4) is 0 Å². The van der Waals surface area contributed by atoms with Crippen LogP contribution in [0.5, 0.6) is 0 Å². The van der Waals surface area contributed by atoms with Crippen LogP contribution in [-0.4, -0.2) is 0 Å². The van der Waals surface area contributed by atoms with E-state index < -0.39 is 0 Å². The molecule has 2 rings (SSSR count). The topological polar surface area (TPSA) is 38.0 Å². The zero-order chi connectivity index (χ0) is 14.4. The third kappa shape index (κ3) is 4.22. The zero-order valence-electron chi connectivity index (χ0n) is 11.2. The van der Waals surface area contributed by atoms with Gasteiger partial charge in [-0.05, 0) is 42.5 Å². The lowest BCUT2D eigenvalue weighted by Crippen LogP contribution is -2.28. The van der Waals surface area contributed by atoms with E-state index in [0.29, 0.717) is 10.0 Å². The second-order valence-electron chi connectivity index (χ2n) is 4.77. The lowest BCUT2D eigenvalue weighted by atomic mass is 9.99. The molecule has 0 radical (unpaired) electrons. The summed E-state index contributed by atoms with van der Waals surface area (Å²) in [6, 6.07) is 16.2. The first-order valence-corrected chi connectivity index (χ1v) is 7.41. The summed E-state index contributed by atoms with van der Waals surface area (Å²) in [5.41, 5.74) is 5.26. The minimum Gasteiger partial charge on any atom is -0.271 e. The van der Waals surface area contributed by atoms with Crippen molar-refractivity contribution in [2.45, 2.75) is 25.3 Å². The van der Waals surface area contributed by atoms with E-state index in [1.165, 1.54) is 5.56 Å². The van der Waals surface area contributed by atoms with Crippen molar-refractivity contribution in [1.29, 1.82) is 0 Å². The highest BCUT2D eigenvalue weighted by atomic mass is 35.5. The molecule has 0 saturated heterocycles. The molecular formula is C16H18Cl2N2. The van der Waals surface area contributed by atoms with Crippen LogP contribution in [0, 0.1) is 0 Å². The van der Waals surface area contributed by atoms with Crippen molar-refractivity contribution in [1.82, 2.24) is 5.43 Å². The Balaban J connectivity index is 1.93. The molecule has 1 unspecified atom stereocenters. The van der Waals surface area contributed by atoms with E-state index in [0.717, 1.165) is 24.8 Å². The zero-order valence-corrected chi connectivity index (χ0v) is 12.7. The fraction of sp³-hybridized carbons (Fsp3) is 0.250. The smallest absolute Gasteiger partial charge is 0.0595 e. The third-order valence-corrected chi connectivity index (χ3v) is 4.09. The summed E-state index contributed by atoms with van der Waals surface area (Å²) in [6.07, 6.45) is 3.04. The molecule has 106 valence electrons. The minimum absolute atomic E-state index is 0.0912. The molecule has 4 heteroatoms. The van der Waals surface area contributed by atoms with E-state index in [1.54, 1.807) is 6.07 Å². The molecule has 20 heavy (non-hydrogen) atoms. The normalized spacial score (nSPS) is 12.3. The van der Waals surface area contributed by atoms with E-state index in [9.17, 15) is 0 Å². The highest BCUT2D eigenvalue weighted by Crippen LogP contribution is 2.27. The molecule has 2 aromatic rings. The van der Waals surface area contributed by atoms with E-state index in [4.69, 9.17) is 29.0 Å². The van der Waals surface area contributed by atoms with Gasteiger partial charge in [0.2, 0.25) is 0 Å². The van der Waals surface area contributed by atoms with Gasteiger partial charge in [0.15, 0.2) is 0 Å². The quantitative estimate of drug-likeness (QED) is 0.608. The van der Waals surface area contributed by atoms with Crippen LogP contribution in [0.3, 0.4) is 0 Å². The lowest BCUT2D eigenvalue weighted by Gasteiger charge is -2.17. The van der Waals surface area contributed by atoms with Gasteiger partial charge < -0.3 is 0 Å². The maximum Gasteiger partial charge on any atom is 0.0595 e. The molecule has 0 bridgehead atoms. The summed E-state index contributed by atoms with van der Waals surface area (Å²) in [6.45, 7) is 0. The Morgan fingerprint density at radius 2 is 1.75 bits per heavy atom. The second kappa shape index (κ2) is 7.65. The number of hydrogen-bond donors (Lipinski definition) is 2. The van der Waals surface area contributed by atoms with Crippen molar-refractivity contribution in [2.75, 3.05) is 0 Å². The summed E-state index contributed by atoms with van der Waals surface area (Å²) in [5.74, 6) is 5.65. The summed E-state index contributed by atoms with van der Waals surface area (Å²) in [7, 11) is 0. The van der Waals surface area contributed by atoms with Crippen LogP contribution in [0.4, 0.5) is 0 Å². The van der Waals surface area contributed by atoms with Crippen LogP contribution in [0.2, 0.25) is 10.0 Å². The summed E-state index contributed by atoms with van der Waals surface area (Å²) in [4.78, 5) is 0. The van der Waals surface area contributed by atoms with Crippen molar-refractivity contribution >= 4 is 23.2 Å². The Labute approximate surface area is 129 Å². The Morgan fingerprint density at radius 1 is 1.00 bits per heavy atom. The number of rotatable bonds is 6. The van der Waals surface area contributed by atoms with Gasteiger partial charge in [-0.15, -0.1) is 0 Å². The van der Waals surface area contributed by atoms with E-state index in [1.807, 2.05) is 18.2 Å². The fourth-order valence-electron chi connectivity index (χ4n) is 2.23. The van der Waals surface area contributed by atoms with Crippen LogP contribution in [-0.2, 0) is 6.42 Å². The molecule has 0 aliphatic rings. The molecular weight excluding hydrogens is 291 g/mol. The van der Waals surface area contributed by atoms with Gasteiger partial charge in [0.1, 0.15) is 0 Å². The number of halogens is 2. The molecule has 0 aromatic heterocycles. The van der Waals surface area contributed by atoms with Gasteiger partial charge in [-0.25, -0.2) is 0 Å². The van der Waals surface area contributed by atoms with Gasteiger partial charge >= 0.3 is 0 Å². The van der Waals surface area contributed by atoms with E-state index in [2.05, 4.69) is 29.7 Å². The molecule has 0 fully saturated rings. The number of nitrogens with one attached hydrogen (secondary N) is 1. The monoisotopic (exact) mass is 308 g/mol. The SMILES string of the molecule is NNC(CCCc1ccccc1)c1ccc(Cl)c(Cl)c1. The maximum absolute atomic E-state index is 6.04. The van der Waals surface area contributed by atoms with E-state index >= 15 is 0 Å². The Bertz CT molecular complexity index is 543. The van der Waals surface area contributed by atoms with E-state index in [-0.39, 0.29) is 6.04 Å². The van der Waals surface area contributed by atoms with Crippen LogP contribution in [0.25, 0.3) is 0 Å². The Kier molecular flexibility index (Phi) is 5.86. The summed E-state index contributed by atoms with van der Waals surface area (Å²) < 4.78 is 0. The molecule has 0 heterocycles. The predicted octanol–water partition coefficient (Wildman–Crippen LogP) is 4.52. The Morgan fingerprint density at radius 3 is 2.40 bits per heavy atom. The van der Waals surface area contributed by atoms with Crippen molar-refractivity contribution < 1.29 is 0 Å². The van der Waals surface area contributed by atoms with Gasteiger partial charge in [-0.2, -0.15) is 0 Å². The number of aryl methyl sites for hydroxylation is 1. The van der Waals surface area contributed by atoms with Gasteiger partial charge in [0.25, 0.3) is 0 Å². The third-order valence-electron chi connectivity index (χ3n) is 3.35. The van der Waals surface area contributed by atoms with Crippen molar-refractivity contribution in [2.24, 2.45) is 5.84 Å². The highest BCUT2D eigenvalue weighted by Gasteiger charge is 2.11. The standard InChI is InChI=1S/C16H18Cl2N2/c17-14-10-9-13(11-15(14)18)16(20-19)8-4-7-12-5-2-1-3-6-12/h1-3,5-6,9-11,16,20H,4,7-8,19H2. The molecule has 0 spiro atoms. The van der Waals surface area contributed by atoms with Crippen LogP contribution in [0.1, 0.15) is 30.0 Å². The summed E-state index contributed by atoms with van der Waals surface area (Å²) >= 11 is 12.0. The predicted molar refractivity (Wildman–Crippen MR) is 85.9 cm³/mol. The van der Waals surface area contributed by atoms with Gasteiger partial charge in [-0.3, -0.25) is 11.3 Å². The molecule has 0 aliphatic heterocycles. The minimum atomic E-state index is 0.0912. The summed E-state index contributed by atoms with van der Waals surface area (Å²) in [5, 5.41) is 1.13. The molecule has 3 N–H and O–H groups in total. The number of hydrazine groups is 1. The largest absolute Gasteiger partial charge is 0.271 e. The molecule has 0 amide bonds. The fourth-order valence-corrected chi connectivity index (χ4v) is 2.54. The molecule has 0 aliphatic carbocycles. The first-order chi connectivity index (χ1) is 9.70. The van der Waals surface area contributed by atoms with Crippen LogP contribution < -0.4 is 11.3 Å². The van der Waals surface area contributed by atoms with Crippen LogP contribution in [0.15, 0.2) is 48.5 Å². The van der Waals surface area contributed by atoms with Gasteiger partial charge in [0, 0.05) is 6.04 Å². The Hall–Kier alpha value is -1.06. The average molecular weight is 309 g/mol.